The molecule has 0 unspecified atom stereocenters. The monoisotopic (exact) mass is 321 g/mol. The standard InChI is InChI=1S/C16H19NO6/c1-21-14(19)9-16(15(20)22-2)8-13(11-18)23-17(16)10-12-6-4-3-5-7-12/h3-7,11,13H,8-10H2,1-2H3/t13-,16+/m1/s1. The largest absolute Gasteiger partial charge is 0.469 e. The molecular formula is C16H19NO6. The first-order valence-electron chi connectivity index (χ1n) is 7.14. The zero-order valence-corrected chi connectivity index (χ0v) is 13.1. The van der Waals surface area contributed by atoms with Crippen LogP contribution in [0, 0.1) is 0 Å². The SMILES string of the molecule is COC(=O)C[C@]1(C(=O)OC)C[C@H](C=O)ON1Cc1ccccc1. The lowest BCUT2D eigenvalue weighted by Crippen LogP contribution is -2.51. The van der Waals surface area contributed by atoms with Gasteiger partial charge in [0.2, 0.25) is 0 Å². The minimum atomic E-state index is -1.39. The van der Waals surface area contributed by atoms with Crippen LogP contribution in [0.2, 0.25) is 0 Å². The summed E-state index contributed by atoms with van der Waals surface area (Å²) in [5.74, 6) is -1.22. The second-order valence-corrected chi connectivity index (χ2v) is 5.28. The van der Waals surface area contributed by atoms with Gasteiger partial charge in [-0.1, -0.05) is 30.3 Å². The van der Waals surface area contributed by atoms with Crippen molar-refractivity contribution < 1.29 is 28.7 Å². The molecule has 0 bridgehead atoms. The summed E-state index contributed by atoms with van der Waals surface area (Å²) in [5, 5.41) is 1.35. The average molecular weight is 321 g/mol. The van der Waals surface area contributed by atoms with Gasteiger partial charge in [-0.2, -0.15) is 5.06 Å². The van der Waals surface area contributed by atoms with E-state index < -0.39 is 23.6 Å². The third-order valence-electron chi connectivity index (χ3n) is 3.83. The van der Waals surface area contributed by atoms with E-state index >= 15 is 0 Å². The van der Waals surface area contributed by atoms with Gasteiger partial charge in [-0.05, 0) is 5.56 Å². The van der Waals surface area contributed by atoms with Crippen molar-refractivity contribution in [1.29, 1.82) is 0 Å². The summed E-state index contributed by atoms with van der Waals surface area (Å²) in [5.41, 5.74) is -0.513. The van der Waals surface area contributed by atoms with Gasteiger partial charge in [-0.25, -0.2) is 4.79 Å². The lowest BCUT2D eigenvalue weighted by Gasteiger charge is -2.32. The Kier molecular flexibility index (Phi) is 5.46. The molecule has 2 atom stereocenters. The molecule has 7 heteroatoms. The number of nitrogens with zero attached hydrogens (tertiary/aromatic N) is 1. The number of carbonyl (C=O) groups is 3. The van der Waals surface area contributed by atoms with Gasteiger partial charge in [0.25, 0.3) is 0 Å². The quantitative estimate of drug-likeness (QED) is 0.568. The van der Waals surface area contributed by atoms with Gasteiger partial charge in [-0.15, -0.1) is 0 Å². The molecule has 7 nitrogen and oxygen atoms in total. The second kappa shape index (κ2) is 7.34. The van der Waals surface area contributed by atoms with Gasteiger partial charge < -0.3 is 14.3 Å². The summed E-state index contributed by atoms with van der Waals surface area (Å²) in [6.45, 7) is 0.233. The summed E-state index contributed by atoms with van der Waals surface area (Å²) < 4.78 is 9.54. The molecule has 0 radical (unpaired) electrons. The third-order valence-corrected chi connectivity index (χ3v) is 3.83. The Morgan fingerprint density at radius 1 is 1.30 bits per heavy atom. The van der Waals surface area contributed by atoms with Crippen molar-refractivity contribution in [1.82, 2.24) is 5.06 Å². The number of rotatable bonds is 6. The van der Waals surface area contributed by atoms with Crippen LogP contribution in [0.1, 0.15) is 18.4 Å². The molecule has 23 heavy (non-hydrogen) atoms. The van der Waals surface area contributed by atoms with Crippen LogP contribution in [0.4, 0.5) is 0 Å². The molecule has 1 heterocycles. The number of methoxy groups -OCH3 is 2. The summed E-state index contributed by atoms with van der Waals surface area (Å²) in [6, 6.07) is 9.28. The van der Waals surface area contributed by atoms with E-state index in [-0.39, 0.29) is 19.4 Å². The molecule has 0 spiro atoms. The molecule has 0 aromatic heterocycles. The zero-order valence-electron chi connectivity index (χ0n) is 13.1. The highest BCUT2D eigenvalue weighted by Crippen LogP contribution is 2.37. The normalized spacial score (nSPS) is 24.2. The van der Waals surface area contributed by atoms with Crippen LogP contribution in [-0.4, -0.2) is 49.2 Å². The van der Waals surface area contributed by atoms with Gasteiger partial charge in [0, 0.05) is 6.42 Å². The first-order valence-corrected chi connectivity index (χ1v) is 7.14. The fourth-order valence-corrected chi connectivity index (χ4v) is 2.67. The van der Waals surface area contributed by atoms with Crippen LogP contribution in [0.25, 0.3) is 0 Å². The van der Waals surface area contributed by atoms with E-state index in [0.29, 0.717) is 6.29 Å². The second-order valence-electron chi connectivity index (χ2n) is 5.28. The van der Waals surface area contributed by atoms with E-state index in [0.717, 1.165) is 5.56 Å². The topological polar surface area (TPSA) is 82.1 Å². The molecule has 0 amide bonds. The summed E-state index contributed by atoms with van der Waals surface area (Å²) in [6.07, 6.45) is -0.430. The van der Waals surface area contributed by atoms with Crippen molar-refractivity contribution in [2.75, 3.05) is 14.2 Å². The predicted molar refractivity (Wildman–Crippen MR) is 78.9 cm³/mol. The fraction of sp³-hybridized carbons (Fsp3) is 0.438. The number of hydrogen-bond acceptors (Lipinski definition) is 7. The van der Waals surface area contributed by atoms with E-state index in [1.54, 1.807) is 0 Å². The smallest absolute Gasteiger partial charge is 0.329 e. The Labute approximate surface area is 134 Å². The van der Waals surface area contributed by atoms with Crippen molar-refractivity contribution >= 4 is 18.2 Å². The van der Waals surface area contributed by atoms with Crippen molar-refractivity contribution in [3.05, 3.63) is 35.9 Å². The van der Waals surface area contributed by atoms with Crippen LogP contribution >= 0.6 is 0 Å². The maximum Gasteiger partial charge on any atom is 0.329 e. The van der Waals surface area contributed by atoms with Crippen LogP contribution in [-0.2, 0) is 35.2 Å². The molecule has 124 valence electrons. The minimum Gasteiger partial charge on any atom is -0.469 e. The van der Waals surface area contributed by atoms with E-state index in [2.05, 4.69) is 4.74 Å². The van der Waals surface area contributed by atoms with E-state index in [9.17, 15) is 14.4 Å². The number of hydrogen-bond donors (Lipinski definition) is 0. The molecule has 1 aliphatic heterocycles. The first-order chi connectivity index (χ1) is 11.1. The molecule has 0 N–H and O–H groups in total. The number of ether oxygens (including phenoxy) is 2. The molecule has 1 aromatic rings. The van der Waals surface area contributed by atoms with E-state index in [4.69, 9.17) is 9.57 Å². The predicted octanol–water partition coefficient (Wildman–Crippen LogP) is 0.866. The maximum absolute atomic E-state index is 12.4. The van der Waals surface area contributed by atoms with E-state index in [1.165, 1.54) is 19.3 Å². The van der Waals surface area contributed by atoms with Gasteiger partial charge in [0.05, 0.1) is 27.2 Å². The number of esters is 2. The molecule has 0 saturated carbocycles. The van der Waals surface area contributed by atoms with Crippen LogP contribution < -0.4 is 0 Å². The maximum atomic E-state index is 12.4. The van der Waals surface area contributed by atoms with Gasteiger partial charge in [0.15, 0.2) is 11.8 Å². The van der Waals surface area contributed by atoms with Crippen molar-refractivity contribution in [2.24, 2.45) is 0 Å². The fourth-order valence-electron chi connectivity index (χ4n) is 2.67. The van der Waals surface area contributed by atoms with Crippen molar-refractivity contribution in [2.45, 2.75) is 31.0 Å². The zero-order chi connectivity index (χ0) is 16.9. The highest BCUT2D eigenvalue weighted by atomic mass is 16.7. The number of hydroxylamine groups is 2. The molecule has 2 rings (SSSR count). The Bertz CT molecular complexity index is 575. The van der Waals surface area contributed by atoms with Crippen LogP contribution in [0.15, 0.2) is 30.3 Å². The van der Waals surface area contributed by atoms with Gasteiger partial charge in [0.1, 0.15) is 6.10 Å². The summed E-state index contributed by atoms with van der Waals surface area (Å²) in [7, 11) is 2.47. The summed E-state index contributed by atoms with van der Waals surface area (Å²) in [4.78, 5) is 40.9. The Balaban J connectivity index is 2.35. The highest BCUT2D eigenvalue weighted by molar-refractivity contribution is 5.87. The molecule has 1 fully saturated rings. The van der Waals surface area contributed by atoms with Crippen LogP contribution in [0.5, 0.6) is 0 Å². The van der Waals surface area contributed by atoms with E-state index in [1.807, 2.05) is 30.3 Å². The summed E-state index contributed by atoms with van der Waals surface area (Å²) >= 11 is 0. The van der Waals surface area contributed by atoms with Gasteiger partial charge >= 0.3 is 11.9 Å². The average Bonchev–Trinajstić information content (AvgIpc) is 2.93. The van der Waals surface area contributed by atoms with Crippen molar-refractivity contribution in [3.63, 3.8) is 0 Å². The van der Waals surface area contributed by atoms with Gasteiger partial charge in [-0.3, -0.25) is 9.63 Å². The molecule has 1 aromatic carbocycles. The lowest BCUT2D eigenvalue weighted by molar-refractivity contribution is -0.208. The number of benzene rings is 1. The highest BCUT2D eigenvalue weighted by Gasteiger charge is 2.55. The molecular weight excluding hydrogens is 302 g/mol. The number of aldehydes is 1. The lowest BCUT2D eigenvalue weighted by atomic mass is 9.89. The third kappa shape index (κ3) is 3.57. The Morgan fingerprint density at radius 3 is 2.57 bits per heavy atom. The Hall–Kier alpha value is -2.25. The number of carbonyl (C=O) groups excluding carboxylic acids is 3. The Morgan fingerprint density at radius 2 is 2.00 bits per heavy atom. The molecule has 0 aliphatic carbocycles. The van der Waals surface area contributed by atoms with Crippen LogP contribution in [0.3, 0.4) is 0 Å². The molecule has 1 aliphatic rings. The molecule has 1 saturated heterocycles. The van der Waals surface area contributed by atoms with Crippen molar-refractivity contribution in [3.8, 4) is 0 Å². The first kappa shape index (κ1) is 17.1. The minimum absolute atomic E-state index is 0.0328.